The Kier molecular flexibility index (Phi) is 16.1. The lowest BCUT2D eigenvalue weighted by Gasteiger charge is -2.40. The lowest BCUT2D eigenvalue weighted by atomic mass is 9.72. The zero-order valence-corrected chi connectivity index (χ0v) is 35.2. The van der Waals surface area contributed by atoms with Crippen LogP contribution in [-0.2, 0) is 23.8 Å². The second-order valence-corrected chi connectivity index (χ2v) is 15.7. The minimum Gasteiger partial charge on any atom is -0.507 e. The van der Waals surface area contributed by atoms with Crippen LogP contribution < -0.4 is 5.43 Å². The second kappa shape index (κ2) is 21.1. The second-order valence-electron chi connectivity index (χ2n) is 15.7. The number of fused-ring (bicyclic) bond motifs is 2. The van der Waals surface area contributed by atoms with E-state index < -0.39 is 120 Å². The highest BCUT2D eigenvalue weighted by atomic mass is 16.7. The molecule has 2 heterocycles. The Bertz CT molecular complexity index is 2500. The molecular formula is C46H52O18. The van der Waals surface area contributed by atoms with Crippen LogP contribution in [0.15, 0.2) is 110 Å². The summed E-state index contributed by atoms with van der Waals surface area (Å²) in [4.78, 5) is 38.7. The monoisotopic (exact) mass is 892 g/mol. The summed E-state index contributed by atoms with van der Waals surface area (Å²) < 4.78 is 21.3. The van der Waals surface area contributed by atoms with Gasteiger partial charge in [0.15, 0.2) is 11.5 Å². The summed E-state index contributed by atoms with van der Waals surface area (Å²) in [6, 6.07) is 2.97. The molecule has 3 aromatic rings. The normalized spacial score (nSPS) is 27.6. The molecule has 0 radical (unpaired) electrons. The Hall–Kier alpha value is -6.09. The number of benzene rings is 2. The molecule has 1 aliphatic heterocycles. The smallest absolute Gasteiger partial charge is 0.336 e. The van der Waals surface area contributed by atoms with Crippen molar-refractivity contribution in [2.45, 2.75) is 89.1 Å². The van der Waals surface area contributed by atoms with Crippen LogP contribution in [0.1, 0.15) is 45.6 Å². The average molecular weight is 893 g/mol. The molecule has 18 heteroatoms. The third-order valence-electron chi connectivity index (χ3n) is 11.0. The summed E-state index contributed by atoms with van der Waals surface area (Å²) in [6.45, 7) is 5.55. The summed E-state index contributed by atoms with van der Waals surface area (Å²) in [5, 5.41) is 113. The van der Waals surface area contributed by atoms with Crippen LogP contribution in [0.3, 0.4) is 0 Å². The Labute approximate surface area is 365 Å². The summed E-state index contributed by atoms with van der Waals surface area (Å²) in [7, 11) is 0. The van der Waals surface area contributed by atoms with E-state index in [0.717, 1.165) is 29.3 Å². The fraction of sp³-hybridized carbons (Fsp3) is 0.370. The molecule has 64 heavy (non-hydrogen) atoms. The van der Waals surface area contributed by atoms with E-state index in [9.17, 15) is 70.6 Å². The van der Waals surface area contributed by atoms with Crippen LogP contribution in [0.5, 0.6) is 23.0 Å². The van der Waals surface area contributed by atoms with Crippen molar-refractivity contribution in [3.63, 3.8) is 0 Å². The first-order valence-corrected chi connectivity index (χ1v) is 20.1. The molecular weight excluding hydrogens is 840 g/mol. The molecule has 1 saturated carbocycles. The Morgan fingerprint density at radius 2 is 1.25 bits per heavy atom. The number of carbonyl (C=O) groups excluding carboxylic acids is 2. The van der Waals surface area contributed by atoms with Crippen molar-refractivity contribution in [1.29, 1.82) is 0 Å². The number of hydrogen-bond donors (Lipinski definition) is 11. The number of carbonyl (C=O) groups is 2. The predicted molar refractivity (Wildman–Crippen MR) is 229 cm³/mol. The van der Waals surface area contributed by atoms with Crippen LogP contribution in [-0.4, -0.2) is 130 Å². The van der Waals surface area contributed by atoms with Crippen LogP contribution >= 0.6 is 0 Å². The largest absolute Gasteiger partial charge is 0.507 e. The van der Waals surface area contributed by atoms with Crippen molar-refractivity contribution in [2.75, 3.05) is 13.2 Å². The number of aromatic hydroxyl groups is 4. The van der Waals surface area contributed by atoms with E-state index in [-0.39, 0.29) is 39.7 Å². The molecule has 2 fully saturated rings. The molecule has 2 aromatic carbocycles. The first-order valence-electron chi connectivity index (χ1n) is 20.1. The number of phenols is 4. The fourth-order valence-corrected chi connectivity index (χ4v) is 7.17. The van der Waals surface area contributed by atoms with E-state index in [1.54, 1.807) is 42.5 Å². The zero-order valence-electron chi connectivity index (χ0n) is 35.2. The minimum atomic E-state index is -1.80. The van der Waals surface area contributed by atoms with Gasteiger partial charge < -0.3 is 74.8 Å². The highest BCUT2D eigenvalue weighted by molar-refractivity contribution is 5.96. The van der Waals surface area contributed by atoms with Crippen molar-refractivity contribution in [2.24, 2.45) is 5.92 Å². The fourth-order valence-electron chi connectivity index (χ4n) is 7.17. The quantitative estimate of drug-likeness (QED) is 0.0386. The summed E-state index contributed by atoms with van der Waals surface area (Å²) in [5.74, 6) is -6.38. The molecule has 0 unspecified atom stereocenters. The Morgan fingerprint density at radius 1 is 0.688 bits per heavy atom. The predicted octanol–water partition coefficient (Wildman–Crippen LogP) is 2.29. The number of aliphatic hydroxyl groups is 7. The van der Waals surface area contributed by atoms with E-state index in [0.29, 0.717) is 0 Å². The van der Waals surface area contributed by atoms with Crippen LogP contribution in [0.4, 0.5) is 0 Å². The first kappa shape index (κ1) is 48.9. The SMILES string of the molecule is CC(/C=C/C=C(\C)C(=O)OC[C@@H]1C[C@@H](c2c(O)cc3oc4cc(O)c(O)cc4c(=O)c3c2O)[C@@H](O)[C@@H](O)[C@H]1O)=C\C=C/C=C(C)/C=C/C=C(\C)C(=O)O[C@@H]1O[C@H](CO)[C@@H](O)[C@@H](O)[C@H]1O. The van der Waals surface area contributed by atoms with Crippen LogP contribution in [0.25, 0.3) is 21.9 Å². The van der Waals surface area contributed by atoms with Gasteiger partial charge in [-0.25, -0.2) is 9.59 Å². The molecule has 1 aromatic heterocycles. The Balaban J connectivity index is 1.15. The van der Waals surface area contributed by atoms with Gasteiger partial charge in [0.1, 0.15) is 58.6 Å². The topological polar surface area (TPSA) is 315 Å². The molecule has 0 bridgehead atoms. The van der Waals surface area contributed by atoms with E-state index in [1.807, 2.05) is 19.9 Å². The third kappa shape index (κ3) is 11.0. The number of ether oxygens (including phenoxy) is 3. The first-order chi connectivity index (χ1) is 30.2. The molecule has 2 aliphatic rings. The number of phenolic OH excluding ortho intramolecular Hbond substituents is 4. The standard InChI is InChI=1S/C46H52O18/c1-21(9-5-6-10-22(2)12-8-14-24(4)45(60)64-46-43(58)42(57)39(54)33(19-47)63-46)11-7-13-23(3)44(59)61-20-25-15-27(38(53)41(56)36(25)51)34-30(50)18-32-35(40(34)55)37(52)26-16-28(48)29(49)17-31(26)62-32/h5-14,16-18,25,27,33,36,38-39,41-43,46-51,53-58H,15,19-20H2,1-4H3/b6-5-,11-7+,12-8+,21-9+,22-10+,23-13+,24-14+/t25-,27-,33+,36-,38+,39+,41-,42+,43+,46-/m0/s1. The van der Waals surface area contributed by atoms with Gasteiger partial charge in [0.2, 0.25) is 11.7 Å². The van der Waals surface area contributed by atoms with Gasteiger partial charge in [-0.15, -0.1) is 0 Å². The molecule has 1 aliphatic carbocycles. The third-order valence-corrected chi connectivity index (χ3v) is 11.0. The van der Waals surface area contributed by atoms with Crippen LogP contribution in [0, 0.1) is 5.92 Å². The van der Waals surface area contributed by atoms with Crippen molar-refractivity contribution in [3.05, 3.63) is 117 Å². The molecule has 5 rings (SSSR count). The van der Waals surface area contributed by atoms with Crippen molar-refractivity contribution in [1.82, 2.24) is 0 Å². The number of aliphatic hydroxyl groups excluding tert-OH is 7. The number of esters is 2. The molecule has 344 valence electrons. The highest BCUT2D eigenvalue weighted by Gasteiger charge is 2.47. The summed E-state index contributed by atoms with van der Waals surface area (Å²) in [5.41, 5.74) is 0.440. The summed E-state index contributed by atoms with van der Waals surface area (Å²) >= 11 is 0. The summed E-state index contributed by atoms with van der Waals surface area (Å²) in [6.07, 6.45) is 3.76. The maximum Gasteiger partial charge on any atom is 0.336 e. The molecule has 1 saturated heterocycles. The van der Waals surface area contributed by atoms with Crippen molar-refractivity contribution >= 4 is 33.9 Å². The molecule has 10 atom stereocenters. The lowest BCUT2D eigenvalue weighted by molar-refractivity contribution is -0.291. The van der Waals surface area contributed by atoms with Crippen molar-refractivity contribution < 1.29 is 84.4 Å². The molecule has 0 spiro atoms. The highest BCUT2D eigenvalue weighted by Crippen LogP contribution is 2.47. The Morgan fingerprint density at radius 3 is 1.86 bits per heavy atom. The molecule has 11 N–H and O–H groups in total. The van der Waals surface area contributed by atoms with Gasteiger partial charge in [0, 0.05) is 40.7 Å². The van der Waals surface area contributed by atoms with Gasteiger partial charge in [-0.2, -0.15) is 0 Å². The van der Waals surface area contributed by atoms with Crippen LogP contribution in [0.2, 0.25) is 0 Å². The van der Waals surface area contributed by atoms with Gasteiger partial charge >= 0.3 is 11.9 Å². The van der Waals surface area contributed by atoms with E-state index >= 15 is 0 Å². The molecule has 18 nitrogen and oxygen atoms in total. The number of rotatable bonds is 13. The van der Waals surface area contributed by atoms with Crippen molar-refractivity contribution in [3.8, 4) is 23.0 Å². The van der Waals surface area contributed by atoms with E-state index in [1.165, 1.54) is 26.0 Å². The lowest BCUT2D eigenvalue weighted by Crippen LogP contribution is -2.59. The van der Waals surface area contributed by atoms with E-state index in [2.05, 4.69) is 0 Å². The van der Waals surface area contributed by atoms with Gasteiger partial charge in [0.05, 0.1) is 30.8 Å². The van der Waals surface area contributed by atoms with Gasteiger partial charge in [-0.1, -0.05) is 71.9 Å². The van der Waals surface area contributed by atoms with Gasteiger partial charge in [0.25, 0.3) is 0 Å². The maximum atomic E-state index is 13.4. The van der Waals surface area contributed by atoms with Gasteiger partial charge in [-0.3, -0.25) is 4.79 Å². The maximum absolute atomic E-state index is 13.4. The minimum absolute atomic E-state index is 0.142. The zero-order chi connectivity index (χ0) is 47.2. The van der Waals surface area contributed by atoms with E-state index in [4.69, 9.17) is 18.6 Å². The number of hydrogen-bond acceptors (Lipinski definition) is 18. The molecule has 0 amide bonds. The average Bonchev–Trinajstić information content (AvgIpc) is 3.25. The van der Waals surface area contributed by atoms with Gasteiger partial charge in [-0.05, 0) is 40.2 Å². The number of allylic oxidation sites excluding steroid dienone is 12.